The van der Waals surface area contributed by atoms with Crippen molar-refractivity contribution in [3.63, 3.8) is 0 Å². The molecule has 0 spiro atoms. The third kappa shape index (κ3) is 2.90. The fourth-order valence-electron chi connectivity index (χ4n) is 1.80. The molecule has 0 radical (unpaired) electrons. The molecule has 4 heteroatoms. The lowest BCUT2D eigenvalue weighted by Gasteiger charge is -2.09. The lowest BCUT2D eigenvalue weighted by molar-refractivity contribution is 0.111. The predicted molar refractivity (Wildman–Crippen MR) is 71.1 cm³/mol. The van der Waals surface area contributed by atoms with Gasteiger partial charge in [-0.1, -0.05) is 29.4 Å². The number of methoxy groups -OCH3 is 1. The first-order valence-electron chi connectivity index (χ1n) is 6.03. The number of benzene rings is 1. The normalized spacial score (nSPS) is 12.6. The number of aryl methyl sites for hydroxylation is 1. The van der Waals surface area contributed by atoms with Gasteiger partial charge in [0.1, 0.15) is 0 Å². The molecule has 1 unspecified atom stereocenters. The number of nitrogen functional groups attached to an aromatic ring is 1. The number of ether oxygens (including phenoxy) is 1. The van der Waals surface area contributed by atoms with Crippen LogP contribution in [-0.2, 0) is 11.2 Å². The van der Waals surface area contributed by atoms with Crippen molar-refractivity contribution in [2.24, 2.45) is 0 Å². The fourth-order valence-corrected chi connectivity index (χ4v) is 1.80. The van der Waals surface area contributed by atoms with Crippen LogP contribution in [0.15, 0.2) is 35.0 Å². The van der Waals surface area contributed by atoms with Gasteiger partial charge < -0.3 is 15.0 Å². The molecule has 1 aromatic heterocycles. The zero-order valence-corrected chi connectivity index (χ0v) is 10.7. The topological polar surface area (TPSA) is 61.3 Å². The average Bonchev–Trinajstić information content (AvgIpc) is 2.83. The maximum Gasteiger partial charge on any atom is 0.229 e. The van der Waals surface area contributed by atoms with Crippen LogP contribution in [0.3, 0.4) is 0 Å². The molecule has 1 aromatic carbocycles. The van der Waals surface area contributed by atoms with Gasteiger partial charge in [-0.2, -0.15) is 0 Å². The summed E-state index contributed by atoms with van der Waals surface area (Å²) < 4.78 is 10.1. The standard InChI is InChI=1S/C14H18N2O2/c1-10(17-2)3-4-11-5-7-12(8-6-11)13-9-16-18-14(13)15/h5-10H,3-4,15H2,1-2H3. The first-order chi connectivity index (χ1) is 8.70. The van der Waals surface area contributed by atoms with Crippen LogP contribution < -0.4 is 5.73 Å². The van der Waals surface area contributed by atoms with Gasteiger partial charge in [-0.15, -0.1) is 0 Å². The van der Waals surface area contributed by atoms with Crippen LogP contribution >= 0.6 is 0 Å². The molecule has 0 aliphatic rings. The van der Waals surface area contributed by atoms with Crippen LogP contribution in [-0.4, -0.2) is 18.4 Å². The Morgan fingerprint density at radius 3 is 2.61 bits per heavy atom. The third-order valence-electron chi connectivity index (χ3n) is 3.11. The molecule has 0 saturated heterocycles. The van der Waals surface area contributed by atoms with Crippen LogP contribution in [0, 0.1) is 0 Å². The number of hydrogen-bond acceptors (Lipinski definition) is 4. The van der Waals surface area contributed by atoms with E-state index in [4.69, 9.17) is 15.0 Å². The van der Waals surface area contributed by atoms with E-state index in [0.717, 1.165) is 24.0 Å². The maximum atomic E-state index is 5.68. The van der Waals surface area contributed by atoms with Gasteiger partial charge in [-0.25, -0.2) is 0 Å². The molecular weight excluding hydrogens is 228 g/mol. The summed E-state index contributed by atoms with van der Waals surface area (Å²) in [5, 5.41) is 3.67. The van der Waals surface area contributed by atoms with Gasteiger partial charge in [0.2, 0.25) is 5.88 Å². The molecule has 0 aliphatic heterocycles. The first kappa shape index (κ1) is 12.6. The monoisotopic (exact) mass is 246 g/mol. The smallest absolute Gasteiger partial charge is 0.229 e. The summed E-state index contributed by atoms with van der Waals surface area (Å²) >= 11 is 0. The van der Waals surface area contributed by atoms with Crippen LogP contribution in [0.25, 0.3) is 11.1 Å². The number of rotatable bonds is 5. The summed E-state index contributed by atoms with van der Waals surface area (Å²) in [5.41, 5.74) is 8.84. The minimum absolute atomic E-state index is 0.290. The number of anilines is 1. The average molecular weight is 246 g/mol. The van der Waals surface area contributed by atoms with Crippen molar-refractivity contribution in [3.05, 3.63) is 36.0 Å². The molecule has 18 heavy (non-hydrogen) atoms. The van der Waals surface area contributed by atoms with Crippen LogP contribution in [0.2, 0.25) is 0 Å². The highest BCUT2D eigenvalue weighted by molar-refractivity contribution is 5.71. The Labute approximate surface area is 107 Å². The zero-order chi connectivity index (χ0) is 13.0. The number of nitrogens with zero attached hydrogens (tertiary/aromatic N) is 1. The molecule has 0 fully saturated rings. The molecular formula is C14H18N2O2. The Bertz CT molecular complexity index is 491. The van der Waals surface area contributed by atoms with E-state index < -0.39 is 0 Å². The fraction of sp³-hybridized carbons (Fsp3) is 0.357. The lowest BCUT2D eigenvalue weighted by atomic mass is 10.0. The number of aromatic nitrogens is 1. The molecule has 2 N–H and O–H groups in total. The van der Waals surface area contributed by atoms with E-state index in [1.165, 1.54) is 5.56 Å². The van der Waals surface area contributed by atoms with Crippen molar-refractivity contribution >= 4 is 5.88 Å². The molecule has 0 saturated carbocycles. The SMILES string of the molecule is COC(C)CCc1ccc(-c2cnoc2N)cc1. The van der Waals surface area contributed by atoms with E-state index >= 15 is 0 Å². The van der Waals surface area contributed by atoms with Crippen LogP contribution in [0.1, 0.15) is 18.9 Å². The predicted octanol–water partition coefficient (Wildman–Crippen LogP) is 2.89. The van der Waals surface area contributed by atoms with E-state index in [-0.39, 0.29) is 0 Å². The molecule has 0 aliphatic carbocycles. The second kappa shape index (κ2) is 5.69. The minimum Gasteiger partial charge on any atom is -0.382 e. The maximum absolute atomic E-state index is 5.68. The summed E-state index contributed by atoms with van der Waals surface area (Å²) in [6.45, 7) is 2.08. The van der Waals surface area contributed by atoms with Gasteiger partial charge in [0.25, 0.3) is 0 Å². The highest BCUT2D eigenvalue weighted by Gasteiger charge is 2.07. The van der Waals surface area contributed by atoms with Gasteiger partial charge in [0.05, 0.1) is 17.9 Å². The molecule has 0 bridgehead atoms. The zero-order valence-electron chi connectivity index (χ0n) is 10.7. The van der Waals surface area contributed by atoms with Crippen molar-refractivity contribution in [1.82, 2.24) is 5.16 Å². The summed E-state index contributed by atoms with van der Waals surface area (Å²) in [5.74, 6) is 0.357. The molecule has 96 valence electrons. The minimum atomic E-state index is 0.290. The Balaban J connectivity index is 2.04. The van der Waals surface area contributed by atoms with Gasteiger partial charge in [-0.05, 0) is 30.9 Å². The molecule has 2 aromatic rings. The summed E-state index contributed by atoms with van der Waals surface area (Å²) in [4.78, 5) is 0. The van der Waals surface area contributed by atoms with Gasteiger partial charge in [0, 0.05) is 7.11 Å². The molecule has 4 nitrogen and oxygen atoms in total. The van der Waals surface area contributed by atoms with Crippen molar-refractivity contribution < 1.29 is 9.26 Å². The summed E-state index contributed by atoms with van der Waals surface area (Å²) in [7, 11) is 1.74. The van der Waals surface area contributed by atoms with Crippen molar-refractivity contribution in [2.45, 2.75) is 25.9 Å². The molecule has 2 rings (SSSR count). The van der Waals surface area contributed by atoms with Gasteiger partial charge in [0.15, 0.2) is 0 Å². The molecule has 0 amide bonds. The lowest BCUT2D eigenvalue weighted by Crippen LogP contribution is -2.05. The van der Waals surface area contributed by atoms with Gasteiger partial charge >= 0.3 is 0 Å². The molecule has 1 atom stereocenters. The first-order valence-corrected chi connectivity index (χ1v) is 6.03. The van der Waals surface area contributed by atoms with Gasteiger partial charge in [-0.3, -0.25) is 0 Å². The number of nitrogens with two attached hydrogens (primary N) is 1. The third-order valence-corrected chi connectivity index (χ3v) is 3.11. The van der Waals surface area contributed by atoms with Crippen LogP contribution in [0.4, 0.5) is 5.88 Å². The number of hydrogen-bond donors (Lipinski definition) is 1. The van der Waals surface area contributed by atoms with Crippen molar-refractivity contribution in [2.75, 3.05) is 12.8 Å². The van der Waals surface area contributed by atoms with E-state index in [1.807, 2.05) is 12.1 Å². The second-order valence-corrected chi connectivity index (χ2v) is 4.39. The Morgan fingerprint density at radius 2 is 2.06 bits per heavy atom. The van der Waals surface area contributed by atoms with Crippen molar-refractivity contribution in [3.8, 4) is 11.1 Å². The van der Waals surface area contributed by atoms with E-state index in [9.17, 15) is 0 Å². The largest absolute Gasteiger partial charge is 0.382 e. The van der Waals surface area contributed by atoms with E-state index in [0.29, 0.717) is 12.0 Å². The Hall–Kier alpha value is -1.81. The quantitative estimate of drug-likeness (QED) is 0.881. The Morgan fingerprint density at radius 1 is 1.33 bits per heavy atom. The second-order valence-electron chi connectivity index (χ2n) is 4.39. The van der Waals surface area contributed by atoms with E-state index in [1.54, 1.807) is 13.3 Å². The summed E-state index contributed by atoms with van der Waals surface area (Å²) in [6, 6.07) is 8.28. The summed E-state index contributed by atoms with van der Waals surface area (Å²) in [6.07, 6.45) is 3.95. The van der Waals surface area contributed by atoms with Crippen LogP contribution in [0.5, 0.6) is 0 Å². The highest BCUT2D eigenvalue weighted by Crippen LogP contribution is 2.25. The van der Waals surface area contributed by atoms with Crippen molar-refractivity contribution in [1.29, 1.82) is 0 Å². The van der Waals surface area contributed by atoms with E-state index in [2.05, 4.69) is 24.2 Å². The molecule has 1 heterocycles. The Kier molecular flexibility index (Phi) is 3.99. The highest BCUT2D eigenvalue weighted by atomic mass is 16.5.